The van der Waals surface area contributed by atoms with Crippen LogP contribution < -0.4 is 0 Å². The van der Waals surface area contributed by atoms with Crippen molar-refractivity contribution in [3.05, 3.63) is 29.7 Å². The number of fused-ring (bicyclic) bond motifs is 1. The summed E-state index contributed by atoms with van der Waals surface area (Å²) in [5, 5.41) is 4.29. The van der Waals surface area contributed by atoms with Crippen molar-refractivity contribution >= 4 is 17.5 Å². The Hall–Kier alpha value is -2.48. The van der Waals surface area contributed by atoms with Gasteiger partial charge in [0.1, 0.15) is 11.6 Å². The van der Waals surface area contributed by atoms with E-state index in [4.69, 9.17) is 4.74 Å². The van der Waals surface area contributed by atoms with Gasteiger partial charge in [-0.15, -0.1) is 0 Å². The molecule has 0 bridgehead atoms. The van der Waals surface area contributed by atoms with Crippen LogP contribution >= 0.6 is 0 Å². The van der Waals surface area contributed by atoms with E-state index in [1.807, 2.05) is 6.20 Å². The summed E-state index contributed by atoms with van der Waals surface area (Å²) in [6.45, 7) is 7.48. The molecule has 1 amide bonds. The van der Waals surface area contributed by atoms with Crippen molar-refractivity contribution in [3.63, 3.8) is 0 Å². The molecule has 0 radical (unpaired) electrons. The Morgan fingerprint density at radius 3 is 2.77 bits per heavy atom. The van der Waals surface area contributed by atoms with Crippen LogP contribution in [0.3, 0.4) is 0 Å². The molecular formula is C18H25N5O3. The average molecular weight is 359 g/mol. The Balaban J connectivity index is 1.84. The van der Waals surface area contributed by atoms with Crippen LogP contribution in [0.5, 0.6) is 0 Å². The number of aromatic nitrogens is 3. The van der Waals surface area contributed by atoms with E-state index < -0.39 is 6.04 Å². The van der Waals surface area contributed by atoms with Crippen molar-refractivity contribution in [3.8, 4) is 0 Å². The highest BCUT2D eigenvalue weighted by Crippen LogP contribution is 2.22. The molecule has 0 spiro atoms. The Bertz CT molecular complexity index is 799. The first-order chi connectivity index (χ1) is 12.6. The highest BCUT2D eigenvalue weighted by molar-refractivity contribution is 6.01. The van der Waals surface area contributed by atoms with Gasteiger partial charge in [-0.05, 0) is 25.9 Å². The standard InChI is InChI=1S/C18H25N5O3/c1-4-21(5-2)11-13-9-19-16-14(10-20-23(16)12-13)17(24)22-8-6-7-15(22)18(25)26-3/h9-10,12,15H,4-8,11H2,1-3H3/t15-/m0/s1. The zero-order chi connectivity index (χ0) is 18.7. The van der Waals surface area contributed by atoms with Crippen molar-refractivity contribution in [1.82, 2.24) is 24.4 Å². The minimum atomic E-state index is -0.524. The highest BCUT2D eigenvalue weighted by Gasteiger charge is 2.36. The molecular weight excluding hydrogens is 334 g/mol. The number of methoxy groups -OCH3 is 1. The molecule has 0 N–H and O–H groups in total. The molecule has 3 heterocycles. The highest BCUT2D eigenvalue weighted by atomic mass is 16.5. The molecule has 26 heavy (non-hydrogen) atoms. The first-order valence-corrected chi connectivity index (χ1v) is 9.02. The van der Waals surface area contributed by atoms with Crippen LogP contribution in [0.4, 0.5) is 0 Å². The maximum absolute atomic E-state index is 12.9. The number of likely N-dealkylation sites (tertiary alicyclic amines) is 1. The Kier molecular flexibility index (Phi) is 5.51. The molecule has 1 saturated heterocycles. The predicted molar refractivity (Wildman–Crippen MR) is 95.7 cm³/mol. The van der Waals surface area contributed by atoms with Crippen molar-refractivity contribution in [2.45, 2.75) is 39.3 Å². The lowest BCUT2D eigenvalue weighted by atomic mass is 10.2. The third-order valence-electron chi connectivity index (χ3n) is 4.93. The maximum atomic E-state index is 12.9. The molecule has 0 unspecified atom stereocenters. The smallest absolute Gasteiger partial charge is 0.328 e. The minimum Gasteiger partial charge on any atom is -0.467 e. The van der Waals surface area contributed by atoms with Gasteiger partial charge in [0.05, 0.1) is 13.3 Å². The van der Waals surface area contributed by atoms with Crippen LogP contribution in [0.1, 0.15) is 42.6 Å². The first kappa shape index (κ1) is 18.3. The molecule has 140 valence electrons. The van der Waals surface area contributed by atoms with Crippen molar-refractivity contribution < 1.29 is 14.3 Å². The van der Waals surface area contributed by atoms with E-state index in [2.05, 4.69) is 28.8 Å². The van der Waals surface area contributed by atoms with E-state index in [-0.39, 0.29) is 11.9 Å². The Labute approximate surface area is 152 Å². The SMILES string of the molecule is CCN(CC)Cc1cnc2c(C(=O)N3CCC[C@H]3C(=O)OC)cnn2c1. The Morgan fingerprint density at radius 2 is 2.08 bits per heavy atom. The number of hydrogen-bond donors (Lipinski definition) is 0. The molecule has 0 saturated carbocycles. The second kappa shape index (κ2) is 7.82. The normalized spacial score (nSPS) is 17.2. The van der Waals surface area contributed by atoms with E-state index >= 15 is 0 Å². The summed E-state index contributed by atoms with van der Waals surface area (Å²) in [5.74, 6) is -0.598. The van der Waals surface area contributed by atoms with Crippen LogP contribution in [0.2, 0.25) is 0 Å². The second-order valence-electron chi connectivity index (χ2n) is 6.43. The molecule has 2 aromatic rings. The van der Waals surface area contributed by atoms with Crippen LogP contribution in [-0.2, 0) is 16.1 Å². The third-order valence-corrected chi connectivity index (χ3v) is 4.93. The lowest BCUT2D eigenvalue weighted by molar-refractivity contribution is -0.145. The predicted octanol–water partition coefficient (Wildman–Crippen LogP) is 1.35. The number of hydrogen-bond acceptors (Lipinski definition) is 6. The van der Waals surface area contributed by atoms with Crippen LogP contribution in [0, 0.1) is 0 Å². The molecule has 1 atom stereocenters. The van der Waals surface area contributed by atoms with Gasteiger partial charge >= 0.3 is 5.97 Å². The zero-order valence-electron chi connectivity index (χ0n) is 15.5. The monoisotopic (exact) mass is 359 g/mol. The molecule has 0 aliphatic carbocycles. The van der Waals surface area contributed by atoms with Gasteiger partial charge in [0.25, 0.3) is 5.91 Å². The number of ether oxygens (including phenoxy) is 1. The summed E-state index contributed by atoms with van der Waals surface area (Å²) < 4.78 is 6.45. The van der Waals surface area contributed by atoms with Crippen LogP contribution in [0.15, 0.2) is 18.6 Å². The van der Waals surface area contributed by atoms with Crippen molar-refractivity contribution in [2.75, 3.05) is 26.7 Å². The number of rotatable bonds is 6. The number of carbonyl (C=O) groups is 2. The van der Waals surface area contributed by atoms with Gasteiger partial charge in [0.2, 0.25) is 0 Å². The summed E-state index contributed by atoms with van der Waals surface area (Å²) in [7, 11) is 1.34. The maximum Gasteiger partial charge on any atom is 0.328 e. The quantitative estimate of drug-likeness (QED) is 0.725. The fourth-order valence-corrected chi connectivity index (χ4v) is 3.40. The van der Waals surface area contributed by atoms with E-state index in [0.29, 0.717) is 24.2 Å². The summed E-state index contributed by atoms with van der Waals surface area (Å²) in [6.07, 6.45) is 6.62. The first-order valence-electron chi connectivity index (χ1n) is 9.02. The number of esters is 1. The molecule has 1 aliphatic rings. The van der Waals surface area contributed by atoms with E-state index in [0.717, 1.165) is 31.6 Å². The van der Waals surface area contributed by atoms with Gasteiger partial charge in [-0.25, -0.2) is 14.3 Å². The van der Waals surface area contributed by atoms with Gasteiger partial charge in [0.15, 0.2) is 5.65 Å². The molecule has 8 nitrogen and oxygen atoms in total. The second-order valence-corrected chi connectivity index (χ2v) is 6.43. The molecule has 2 aromatic heterocycles. The van der Waals surface area contributed by atoms with Gasteiger partial charge < -0.3 is 9.64 Å². The van der Waals surface area contributed by atoms with Gasteiger partial charge in [-0.2, -0.15) is 5.10 Å². The van der Waals surface area contributed by atoms with Crippen LogP contribution in [-0.4, -0.2) is 69.1 Å². The summed E-state index contributed by atoms with van der Waals surface area (Å²) in [4.78, 5) is 33.1. The summed E-state index contributed by atoms with van der Waals surface area (Å²) >= 11 is 0. The van der Waals surface area contributed by atoms with Crippen LogP contribution in [0.25, 0.3) is 5.65 Å². The third kappa shape index (κ3) is 3.41. The number of carbonyl (C=O) groups excluding carboxylic acids is 2. The van der Waals surface area contributed by atoms with Crippen molar-refractivity contribution in [1.29, 1.82) is 0 Å². The minimum absolute atomic E-state index is 0.225. The van der Waals surface area contributed by atoms with Gasteiger partial charge in [-0.3, -0.25) is 9.69 Å². The average Bonchev–Trinajstić information content (AvgIpc) is 3.31. The topological polar surface area (TPSA) is 80.0 Å². The fourth-order valence-electron chi connectivity index (χ4n) is 3.40. The molecule has 3 rings (SSSR count). The van der Waals surface area contributed by atoms with Crippen molar-refractivity contribution in [2.24, 2.45) is 0 Å². The van der Waals surface area contributed by atoms with Gasteiger partial charge in [0, 0.05) is 31.0 Å². The lowest BCUT2D eigenvalue weighted by Gasteiger charge is -2.22. The summed E-state index contributed by atoms with van der Waals surface area (Å²) in [5.41, 5.74) is 1.96. The zero-order valence-corrected chi connectivity index (χ0v) is 15.5. The fraction of sp³-hybridized carbons (Fsp3) is 0.556. The largest absolute Gasteiger partial charge is 0.467 e. The molecule has 1 aliphatic heterocycles. The van der Waals surface area contributed by atoms with E-state index in [9.17, 15) is 9.59 Å². The van der Waals surface area contributed by atoms with E-state index in [1.54, 1.807) is 15.6 Å². The number of amides is 1. The number of nitrogens with zero attached hydrogens (tertiary/aromatic N) is 5. The Morgan fingerprint density at radius 1 is 1.31 bits per heavy atom. The molecule has 8 heteroatoms. The van der Waals surface area contributed by atoms with E-state index in [1.165, 1.54) is 13.3 Å². The van der Waals surface area contributed by atoms with Gasteiger partial charge in [-0.1, -0.05) is 13.8 Å². The lowest BCUT2D eigenvalue weighted by Crippen LogP contribution is -2.41. The molecule has 0 aromatic carbocycles. The summed E-state index contributed by atoms with van der Waals surface area (Å²) in [6, 6.07) is -0.524. The molecule has 1 fully saturated rings.